The molecule has 1 N–H and O–H groups in total. The van der Waals surface area contributed by atoms with Crippen LogP contribution >= 0.6 is 11.8 Å². The van der Waals surface area contributed by atoms with E-state index in [0.717, 1.165) is 16.8 Å². The van der Waals surface area contributed by atoms with Crippen LogP contribution in [-0.2, 0) is 14.3 Å². The number of amidine groups is 1. The molecule has 1 aliphatic rings. The van der Waals surface area contributed by atoms with Gasteiger partial charge in [0.15, 0.2) is 5.17 Å². The number of carbonyl (C=O) groups is 2. The fourth-order valence-electron chi connectivity index (χ4n) is 3.70. The van der Waals surface area contributed by atoms with Crippen molar-refractivity contribution in [1.82, 2.24) is 4.90 Å². The second-order valence-corrected chi connectivity index (χ2v) is 9.13. The predicted octanol–water partition coefficient (Wildman–Crippen LogP) is 5.09. The Kier molecular flexibility index (Phi) is 9.53. The van der Waals surface area contributed by atoms with Crippen molar-refractivity contribution >= 4 is 40.1 Å². The zero-order chi connectivity index (χ0) is 24.5. The summed E-state index contributed by atoms with van der Waals surface area (Å²) in [6.45, 7) is 9.97. The summed E-state index contributed by atoms with van der Waals surface area (Å²) < 4.78 is 11.1. The van der Waals surface area contributed by atoms with E-state index in [-0.39, 0.29) is 18.2 Å². The van der Waals surface area contributed by atoms with Gasteiger partial charge >= 0.3 is 0 Å². The second-order valence-electron chi connectivity index (χ2n) is 7.96. The van der Waals surface area contributed by atoms with Gasteiger partial charge < -0.3 is 14.8 Å². The summed E-state index contributed by atoms with van der Waals surface area (Å²) in [5.74, 6) is 0.371. The third kappa shape index (κ3) is 6.61. The van der Waals surface area contributed by atoms with Gasteiger partial charge in [-0.25, -0.2) is 4.99 Å². The highest BCUT2D eigenvalue weighted by molar-refractivity contribution is 8.15. The van der Waals surface area contributed by atoms with Crippen LogP contribution in [0.15, 0.2) is 47.5 Å². The molecular formula is C26H33N3O4S. The number of aryl methyl sites for hydroxylation is 2. The number of hydrogen-bond acceptors (Lipinski definition) is 6. The molecule has 0 radical (unpaired) electrons. The SMILES string of the molecule is CCOCCCN1C(=O)C(CC(=O)Nc2c(C)cccc2C)SC1=Nc1ccccc1OCC. The monoisotopic (exact) mass is 483 g/mol. The van der Waals surface area contributed by atoms with E-state index in [0.29, 0.717) is 49.4 Å². The number of thioether (sulfide) groups is 1. The molecule has 0 aromatic heterocycles. The quantitative estimate of drug-likeness (QED) is 0.451. The minimum absolute atomic E-state index is 0.0748. The van der Waals surface area contributed by atoms with Gasteiger partial charge in [-0.15, -0.1) is 0 Å². The Balaban J connectivity index is 1.79. The van der Waals surface area contributed by atoms with Gasteiger partial charge in [-0.2, -0.15) is 0 Å². The third-order valence-electron chi connectivity index (χ3n) is 5.39. The molecule has 1 unspecified atom stereocenters. The van der Waals surface area contributed by atoms with Gasteiger partial charge in [-0.3, -0.25) is 14.5 Å². The summed E-state index contributed by atoms with van der Waals surface area (Å²) >= 11 is 1.33. The minimum atomic E-state index is -0.533. The Labute approximate surface area is 205 Å². The first kappa shape index (κ1) is 25.8. The van der Waals surface area contributed by atoms with Crippen molar-refractivity contribution in [2.45, 2.75) is 45.8 Å². The molecule has 34 heavy (non-hydrogen) atoms. The van der Waals surface area contributed by atoms with Crippen LogP contribution in [0.4, 0.5) is 11.4 Å². The zero-order valence-electron chi connectivity index (χ0n) is 20.3. The van der Waals surface area contributed by atoms with Crippen LogP contribution < -0.4 is 10.1 Å². The molecule has 1 atom stereocenters. The van der Waals surface area contributed by atoms with Crippen LogP contribution in [0.2, 0.25) is 0 Å². The zero-order valence-corrected chi connectivity index (χ0v) is 21.1. The number of nitrogens with zero attached hydrogens (tertiary/aromatic N) is 2. The summed E-state index contributed by atoms with van der Waals surface area (Å²) in [6.07, 6.45) is 0.763. The minimum Gasteiger partial charge on any atom is -0.492 e. The largest absolute Gasteiger partial charge is 0.492 e. The number of nitrogens with one attached hydrogen (secondary N) is 1. The number of carbonyl (C=O) groups excluding carboxylic acids is 2. The first-order valence-corrected chi connectivity index (χ1v) is 12.5. The van der Waals surface area contributed by atoms with E-state index in [1.807, 2.05) is 70.2 Å². The average Bonchev–Trinajstić information content (AvgIpc) is 3.09. The molecule has 2 amide bonds. The number of amides is 2. The van der Waals surface area contributed by atoms with E-state index in [2.05, 4.69) is 5.32 Å². The standard InChI is InChI=1S/C26H33N3O4S/c1-5-32-16-10-15-29-25(31)22(17-23(30)28-24-18(3)11-9-12-19(24)4)34-26(29)27-20-13-7-8-14-21(20)33-6-2/h7-9,11-14,22H,5-6,10,15-17H2,1-4H3,(H,28,30). The molecule has 2 aromatic carbocycles. The molecule has 2 aromatic rings. The highest BCUT2D eigenvalue weighted by Gasteiger charge is 2.39. The van der Waals surface area contributed by atoms with Crippen LogP contribution in [0.1, 0.15) is 37.8 Å². The first-order chi connectivity index (χ1) is 16.4. The molecule has 1 saturated heterocycles. The molecule has 0 saturated carbocycles. The van der Waals surface area contributed by atoms with Crippen LogP contribution in [0.5, 0.6) is 5.75 Å². The van der Waals surface area contributed by atoms with Crippen LogP contribution in [-0.4, -0.2) is 53.5 Å². The van der Waals surface area contributed by atoms with Crippen molar-refractivity contribution in [2.75, 3.05) is 31.7 Å². The Morgan fingerprint density at radius 1 is 1.09 bits per heavy atom. The van der Waals surface area contributed by atoms with Crippen molar-refractivity contribution in [3.8, 4) is 5.75 Å². The maximum absolute atomic E-state index is 13.3. The van der Waals surface area contributed by atoms with E-state index in [9.17, 15) is 9.59 Å². The highest BCUT2D eigenvalue weighted by Crippen LogP contribution is 2.35. The number of anilines is 1. The summed E-state index contributed by atoms with van der Waals surface area (Å²) in [4.78, 5) is 32.6. The Hall–Kier alpha value is -2.84. The second kappa shape index (κ2) is 12.6. The lowest BCUT2D eigenvalue weighted by atomic mass is 10.1. The predicted molar refractivity (Wildman–Crippen MR) is 138 cm³/mol. The van der Waals surface area contributed by atoms with E-state index in [4.69, 9.17) is 14.5 Å². The van der Waals surface area contributed by atoms with Crippen molar-refractivity contribution in [2.24, 2.45) is 4.99 Å². The maximum atomic E-state index is 13.3. The average molecular weight is 484 g/mol. The molecule has 1 aliphatic heterocycles. The van der Waals surface area contributed by atoms with E-state index >= 15 is 0 Å². The third-order valence-corrected chi connectivity index (χ3v) is 6.57. The van der Waals surface area contributed by atoms with E-state index in [1.165, 1.54) is 11.8 Å². The molecular weight excluding hydrogens is 450 g/mol. The number of para-hydroxylation sites is 3. The van der Waals surface area contributed by atoms with Gasteiger partial charge in [-0.05, 0) is 57.4 Å². The van der Waals surface area contributed by atoms with Gasteiger partial charge in [0.2, 0.25) is 11.8 Å². The van der Waals surface area contributed by atoms with Gasteiger partial charge in [-0.1, -0.05) is 42.1 Å². The van der Waals surface area contributed by atoms with E-state index in [1.54, 1.807) is 4.90 Å². The molecule has 8 heteroatoms. The number of hydrogen-bond donors (Lipinski definition) is 1. The number of rotatable bonds is 11. The lowest BCUT2D eigenvalue weighted by Crippen LogP contribution is -2.34. The maximum Gasteiger partial charge on any atom is 0.242 e. The summed E-state index contributed by atoms with van der Waals surface area (Å²) in [5.41, 5.74) is 3.45. The molecule has 1 fully saturated rings. The van der Waals surface area contributed by atoms with E-state index < -0.39 is 5.25 Å². The van der Waals surface area contributed by atoms with Crippen molar-refractivity contribution < 1.29 is 19.1 Å². The molecule has 3 rings (SSSR count). The van der Waals surface area contributed by atoms with Crippen LogP contribution in [0, 0.1) is 13.8 Å². The van der Waals surface area contributed by atoms with Gasteiger partial charge in [0.1, 0.15) is 16.7 Å². The van der Waals surface area contributed by atoms with Gasteiger partial charge in [0.25, 0.3) is 0 Å². The Bertz CT molecular complexity index is 1020. The van der Waals surface area contributed by atoms with Crippen molar-refractivity contribution in [1.29, 1.82) is 0 Å². The fraction of sp³-hybridized carbons (Fsp3) is 0.423. The van der Waals surface area contributed by atoms with Crippen LogP contribution in [0.3, 0.4) is 0 Å². The van der Waals surface area contributed by atoms with Gasteiger partial charge in [0, 0.05) is 31.9 Å². The lowest BCUT2D eigenvalue weighted by Gasteiger charge is -2.17. The molecule has 0 bridgehead atoms. The molecule has 0 aliphatic carbocycles. The molecule has 7 nitrogen and oxygen atoms in total. The molecule has 1 heterocycles. The molecule has 182 valence electrons. The first-order valence-electron chi connectivity index (χ1n) is 11.7. The lowest BCUT2D eigenvalue weighted by molar-refractivity contribution is -0.128. The fourth-order valence-corrected chi connectivity index (χ4v) is 4.88. The number of aliphatic imine (C=N–C) groups is 1. The summed E-state index contributed by atoms with van der Waals surface area (Å²) in [5, 5.41) is 3.04. The smallest absolute Gasteiger partial charge is 0.242 e. The number of benzene rings is 2. The van der Waals surface area contributed by atoms with Crippen molar-refractivity contribution in [3.63, 3.8) is 0 Å². The molecule has 0 spiro atoms. The normalized spacial score (nSPS) is 16.8. The topological polar surface area (TPSA) is 80.2 Å². The number of ether oxygens (including phenoxy) is 2. The van der Waals surface area contributed by atoms with Gasteiger partial charge in [0.05, 0.1) is 6.61 Å². The van der Waals surface area contributed by atoms with Crippen LogP contribution in [0.25, 0.3) is 0 Å². The summed E-state index contributed by atoms with van der Waals surface area (Å²) in [6, 6.07) is 13.4. The highest BCUT2D eigenvalue weighted by atomic mass is 32.2. The van der Waals surface area contributed by atoms with Crippen molar-refractivity contribution in [3.05, 3.63) is 53.6 Å². The Morgan fingerprint density at radius 2 is 1.82 bits per heavy atom. The Morgan fingerprint density at radius 3 is 2.53 bits per heavy atom. The summed E-state index contributed by atoms with van der Waals surface area (Å²) in [7, 11) is 0.